The smallest absolute Gasteiger partial charge is 0.315 e. The number of carbonyl (C=O) groups excluding carboxylic acids is 2. The zero-order valence-electron chi connectivity index (χ0n) is 64.2. The lowest BCUT2D eigenvalue weighted by Crippen LogP contribution is -2.69. The Balaban J connectivity index is 0.756. The van der Waals surface area contributed by atoms with Crippen molar-refractivity contribution in [1.29, 1.82) is 0 Å². The van der Waals surface area contributed by atoms with Crippen LogP contribution in [-0.4, -0.2) is 377 Å². The summed E-state index contributed by atoms with van der Waals surface area (Å²) in [5.41, 5.74) is -6.77. The van der Waals surface area contributed by atoms with Gasteiger partial charge in [0.2, 0.25) is 12.2 Å². The van der Waals surface area contributed by atoms with Gasteiger partial charge in [0.05, 0.1) is 77.6 Å². The fourth-order valence-electron chi connectivity index (χ4n) is 21.1. The number of carbonyl (C=O) groups is 2. The number of allylic oxidation sites excluding steroid dienone is 2. The van der Waals surface area contributed by atoms with E-state index < -0.39 is 307 Å². The predicted octanol–water partition coefficient (Wildman–Crippen LogP) is -6.76. The van der Waals surface area contributed by atoms with Crippen molar-refractivity contribution in [2.24, 2.45) is 50.2 Å². The van der Waals surface area contributed by atoms with Crippen LogP contribution >= 0.6 is 0 Å². The number of nitrogens with one attached hydrogen (secondary N) is 1. The van der Waals surface area contributed by atoms with Crippen LogP contribution in [0.3, 0.4) is 0 Å². The van der Waals surface area contributed by atoms with Crippen LogP contribution in [0.15, 0.2) is 11.6 Å². The Morgan fingerprint density at radius 1 is 0.491 bits per heavy atom. The highest BCUT2D eigenvalue weighted by molar-refractivity contribution is 5.79. The van der Waals surface area contributed by atoms with Gasteiger partial charge in [0.15, 0.2) is 50.1 Å². The van der Waals surface area contributed by atoms with Crippen LogP contribution in [0.25, 0.3) is 0 Å². The Morgan fingerprint density at radius 2 is 1.01 bits per heavy atom. The number of hydrogen-bond donors (Lipinski definition) is 20. The summed E-state index contributed by atoms with van der Waals surface area (Å²) in [7, 11) is 0. The number of rotatable bonds is 21. The van der Waals surface area contributed by atoms with Gasteiger partial charge in [-0.25, -0.2) is 0 Å². The van der Waals surface area contributed by atoms with E-state index in [1.165, 1.54) is 6.92 Å². The van der Waals surface area contributed by atoms with E-state index in [0.29, 0.717) is 57.8 Å². The maximum atomic E-state index is 16.0. The van der Waals surface area contributed by atoms with E-state index in [-0.39, 0.29) is 22.7 Å². The third-order valence-electron chi connectivity index (χ3n) is 28.1. The number of aliphatic hydroxyl groups excluding tert-OH is 17. The predicted molar refractivity (Wildman–Crippen MR) is 369 cm³/mol. The monoisotopic (exact) mass is 1610 g/mol. The van der Waals surface area contributed by atoms with E-state index in [1.54, 1.807) is 0 Å². The van der Waals surface area contributed by atoms with Gasteiger partial charge in [-0.2, -0.15) is 0 Å². The molecule has 38 heteroatoms. The quantitative estimate of drug-likeness (QED) is 0.0289. The van der Waals surface area contributed by atoms with Gasteiger partial charge in [-0.3, -0.25) is 9.59 Å². The molecule has 0 aromatic carbocycles. The van der Waals surface area contributed by atoms with Crippen LogP contribution in [0, 0.1) is 50.2 Å². The molecule has 8 aliphatic heterocycles. The molecule has 12 fully saturated rings. The van der Waals surface area contributed by atoms with Crippen molar-refractivity contribution >= 4 is 11.9 Å². The molecule has 13 aliphatic rings. The number of hydrogen-bond acceptors (Lipinski definition) is 37. The first-order valence-corrected chi connectivity index (χ1v) is 39.2. The van der Waals surface area contributed by atoms with Crippen LogP contribution in [0.4, 0.5) is 0 Å². The lowest BCUT2D eigenvalue weighted by Gasteiger charge is -2.71. The van der Waals surface area contributed by atoms with Gasteiger partial charge in [0.25, 0.3) is 0 Å². The Hall–Kier alpha value is -2.68. The summed E-state index contributed by atoms with van der Waals surface area (Å²) < 4.78 is 97.0. The van der Waals surface area contributed by atoms with Gasteiger partial charge in [-0.15, -0.1) is 0 Å². The molecule has 0 radical (unpaired) electrons. The summed E-state index contributed by atoms with van der Waals surface area (Å²) in [5, 5.41) is 211. The molecule has 112 heavy (non-hydrogen) atoms. The maximum absolute atomic E-state index is 16.0. The van der Waals surface area contributed by atoms with Crippen molar-refractivity contribution in [2.75, 3.05) is 66.1 Å². The second kappa shape index (κ2) is 33.0. The van der Waals surface area contributed by atoms with Gasteiger partial charge < -0.3 is 178 Å². The summed E-state index contributed by atoms with van der Waals surface area (Å²) >= 11 is 0. The van der Waals surface area contributed by atoms with Crippen molar-refractivity contribution in [1.82, 2.24) is 5.32 Å². The normalized spacial score (nSPS) is 52.8. The van der Waals surface area contributed by atoms with Crippen LogP contribution in [0.1, 0.15) is 120 Å². The lowest BCUT2D eigenvalue weighted by atomic mass is 9.33. The van der Waals surface area contributed by atoms with Crippen LogP contribution < -0.4 is 5.32 Å². The zero-order chi connectivity index (χ0) is 81.2. The minimum atomic E-state index is -2.20. The van der Waals surface area contributed by atoms with Gasteiger partial charge in [-0.05, 0) is 109 Å². The molecule has 8 saturated heterocycles. The number of fused-ring (bicyclic) bond motifs is 7. The lowest BCUT2D eigenvalue weighted by molar-refractivity contribution is -0.370. The Bertz CT molecular complexity index is 3270. The maximum Gasteiger partial charge on any atom is 0.315 e. The summed E-state index contributed by atoms with van der Waals surface area (Å²) in [6.45, 7) is 10.1. The molecule has 0 bridgehead atoms. The Morgan fingerprint density at radius 3 is 1.58 bits per heavy atom. The molecule has 8 heterocycles. The SMILES string of the molecule is CC(=O)NC1C(OC2CCC3(C)C(CCC4(C)C3CC=C3C5CC(C)(C)CCC5(C(=O)OC5OC(CO)C(OC6OCC(O)(CO)C6O)C(O)C5OC5OCC(O)C(OC6OCC(O)(CO)C6O)C5O)CCC34C)C2(C)C)OC(COC2OCC(O)C(O)C2OC2OCC(O)C(O)C2O)C(O)C1OC1OCC(O)C(O)C1O. The van der Waals surface area contributed by atoms with Crippen LogP contribution in [-0.2, 0) is 85.4 Å². The highest BCUT2D eigenvalue weighted by Gasteiger charge is 2.71. The van der Waals surface area contributed by atoms with E-state index >= 15 is 4.79 Å². The summed E-state index contributed by atoms with van der Waals surface area (Å²) in [5.74, 6) is -1.74. The molecule has 40 unspecified atom stereocenters. The van der Waals surface area contributed by atoms with Crippen molar-refractivity contribution in [3.05, 3.63) is 11.6 Å². The number of aliphatic hydroxyl groups is 19. The fraction of sp³-hybridized carbons (Fsp3) is 0.946. The van der Waals surface area contributed by atoms with Crippen molar-refractivity contribution in [2.45, 2.75) is 321 Å². The molecule has 4 saturated carbocycles. The first kappa shape index (κ1) is 87.1. The molecule has 0 spiro atoms. The minimum absolute atomic E-state index is 0.0438. The largest absolute Gasteiger partial charge is 0.432 e. The zero-order valence-corrected chi connectivity index (χ0v) is 64.2. The molecule has 0 aromatic rings. The summed E-state index contributed by atoms with van der Waals surface area (Å²) in [6, 6.07) is -1.37. The minimum Gasteiger partial charge on any atom is -0.432 e. The summed E-state index contributed by atoms with van der Waals surface area (Å²) in [4.78, 5) is 29.4. The molecule has 13 rings (SSSR count). The third-order valence-corrected chi connectivity index (χ3v) is 28.1. The summed E-state index contributed by atoms with van der Waals surface area (Å²) in [6.07, 6.45) is -42.6. The molecule has 0 aromatic heterocycles. The van der Waals surface area contributed by atoms with Crippen molar-refractivity contribution in [3.63, 3.8) is 0 Å². The van der Waals surface area contributed by atoms with E-state index in [2.05, 4.69) is 59.9 Å². The van der Waals surface area contributed by atoms with E-state index in [4.69, 9.17) is 75.8 Å². The average Bonchev–Trinajstić information content (AvgIpc) is 0.754. The van der Waals surface area contributed by atoms with E-state index in [9.17, 15) is 102 Å². The van der Waals surface area contributed by atoms with Gasteiger partial charge in [0, 0.05) is 6.92 Å². The highest BCUT2D eigenvalue weighted by Crippen LogP contribution is 2.76. The molecule has 1 amide bonds. The van der Waals surface area contributed by atoms with Crippen molar-refractivity contribution < 1.29 is 182 Å². The molecular weight excluding hydrogens is 1490 g/mol. The van der Waals surface area contributed by atoms with E-state index in [0.717, 1.165) is 12.0 Å². The Kier molecular flexibility index (Phi) is 25.7. The molecule has 642 valence electrons. The molecule has 38 nitrogen and oxygen atoms in total. The molecular formula is C74H119NO37. The molecule has 5 aliphatic carbocycles. The number of amides is 1. The second-order valence-electron chi connectivity index (χ2n) is 35.9. The van der Waals surface area contributed by atoms with E-state index in [1.807, 2.05) is 0 Å². The molecule has 40 atom stereocenters. The fourth-order valence-corrected chi connectivity index (χ4v) is 21.1. The number of ether oxygens (including phenoxy) is 16. The van der Waals surface area contributed by atoms with Gasteiger partial charge in [0.1, 0.15) is 139 Å². The average molecular weight is 1610 g/mol. The number of esters is 1. The standard InChI is InChI=1S/C74H119NO37/c1-30(79)75-42-53(109-59-47(88)43(84)33(80)21-97-59)46(87)38(25-101-62-54(45(86)35(82)23-100-62)110-60-48(89)44(85)34(81)22-98-60)105-58(42)106-41-12-13-69(6)39(68(41,4)5)11-14-71(8)40(69)10-9-31-32-19-67(2,3)15-17-72(32,18-16-70(31,71)7)66(94)112-63-55(49(90)52(37(20-76)104-63)108-65-57(93)74(96,27-78)29-103-65)111-61-50(91)51(36(83)24-99-61)107-64-56(92)73(95,26-77)28-102-64/h9,32-65,76-78,80-93,95-96H,10-29H2,1-8H3,(H,75,79). The van der Waals surface area contributed by atoms with Gasteiger partial charge in [-0.1, -0.05) is 60.1 Å². The first-order chi connectivity index (χ1) is 52.6. The van der Waals surface area contributed by atoms with Crippen molar-refractivity contribution in [3.8, 4) is 0 Å². The van der Waals surface area contributed by atoms with Crippen LogP contribution in [0.2, 0.25) is 0 Å². The topological polar surface area (TPSA) is 578 Å². The third kappa shape index (κ3) is 15.5. The highest BCUT2D eigenvalue weighted by atomic mass is 16.8. The second-order valence-corrected chi connectivity index (χ2v) is 35.9. The Labute approximate surface area is 646 Å². The van der Waals surface area contributed by atoms with Gasteiger partial charge >= 0.3 is 5.97 Å². The first-order valence-electron chi connectivity index (χ1n) is 39.2. The van der Waals surface area contributed by atoms with Crippen LogP contribution in [0.5, 0.6) is 0 Å². The molecule has 20 N–H and O–H groups in total.